The fourth-order valence-corrected chi connectivity index (χ4v) is 5.22. The van der Waals surface area contributed by atoms with Crippen molar-refractivity contribution in [2.45, 2.75) is 38.6 Å². The Kier molecular flexibility index (Phi) is 7.77. The number of carbonyl (C=O) groups excluding carboxylic acids is 1. The van der Waals surface area contributed by atoms with Crippen LogP contribution in [0, 0.1) is 6.92 Å². The second-order valence-corrected chi connectivity index (χ2v) is 9.64. The molecule has 1 N–H and O–H groups in total. The molecule has 3 aromatic rings. The van der Waals surface area contributed by atoms with Gasteiger partial charge in [0.2, 0.25) is 5.95 Å². The molecule has 0 atom stereocenters. The molecule has 0 aliphatic carbocycles. The van der Waals surface area contributed by atoms with Crippen molar-refractivity contribution in [2.75, 3.05) is 48.9 Å². The lowest BCUT2D eigenvalue weighted by molar-refractivity contribution is -0.118. The van der Waals surface area contributed by atoms with E-state index in [0.717, 1.165) is 35.6 Å². The monoisotopic (exact) mass is 507 g/mol. The topological polar surface area (TPSA) is 79.8 Å². The number of aryl methyl sites for hydroxylation is 1. The molecular formula is C27H33N5O3S. The van der Waals surface area contributed by atoms with E-state index in [2.05, 4.69) is 27.7 Å². The molecule has 190 valence electrons. The van der Waals surface area contributed by atoms with E-state index in [1.54, 1.807) is 24.3 Å². The van der Waals surface area contributed by atoms with Gasteiger partial charge < -0.3 is 24.6 Å². The highest BCUT2D eigenvalue weighted by molar-refractivity contribution is 7.80. The van der Waals surface area contributed by atoms with E-state index in [4.69, 9.17) is 19.4 Å². The maximum Gasteiger partial charge on any atom is 0.262 e. The van der Waals surface area contributed by atoms with Crippen molar-refractivity contribution in [3.63, 3.8) is 0 Å². The molecule has 8 nitrogen and oxygen atoms in total. The number of amides is 1. The fraction of sp³-hybridized carbons (Fsp3) is 0.444. The molecule has 2 aliphatic heterocycles. The van der Waals surface area contributed by atoms with Gasteiger partial charge in [-0.2, -0.15) is 0 Å². The van der Waals surface area contributed by atoms with Gasteiger partial charge in [0.1, 0.15) is 17.4 Å². The van der Waals surface area contributed by atoms with Crippen molar-refractivity contribution in [1.82, 2.24) is 14.9 Å². The van der Waals surface area contributed by atoms with Crippen LogP contribution in [0.25, 0.3) is 10.9 Å². The minimum atomic E-state index is -0.235. The minimum absolute atomic E-state index is 0.0907. The highest BCUT2D eigenvalue weighted by Crippen LogP contribution is 2.27. The number of nitrogens with one attached hydrogen (secondary N) is 1. The lowest BCUT2D eigenvalue weighted by Gasteiger charge is -2.36. The predicted molar refractivity (Wildman–Crippen MR) is 145 cm³/mol. The summed E-state index contributed by atoms with van der Waals surface area (Å²) in [7, 11) is 0. The number of carbonyl (C=O) groups is 1. The average Bonchev–Trinajstić information content (AvgIpc) is 3.44. The first-order chi connectivity index (χ1) is 17.6. The zero-order chi connectivity index (χ0) is 24.9. The van der Waals surface area contributed by atoms with Crippen molar-refractivity contribution >= 4 is 41.1 Å². The Morgan fingerprint density at radius 1 is 1.00 bits per heavy atom. The number of thiol groups is 1. The molecule has 1 amide bonds. The molecule has 0 spiro atoms. The number of likely N-dealkylation sites (tertiary alicyclic amines) is 1. The third-order valence-corrected chi connectivity index (χ3v) is 7.12. The third kappa shape index (κ3) is 5.84. The number of rotatable bonds is 8. The summed E-state index contributed by atoms with van der Waals surface area (Å²) in [4.78, 5) is 27.1. The van der Waals surface area contributed by atoms with Crippen LogP contribution in [-0.4, -0.2) is 65.5 Å². The van der Waals surface area contributed by atoms with Crippen LogP contribution in [0.1, 0.15) is 31.4 Å². The van der Waals surface area contributed by atoms with Crippen molar-refractivity contribution < 1.29 is 14.3 Å². The quantitative estimate of drug-likeness (QED) is 0.348. The molecule has 0 bridgehead atoms. The van der Waals surface area contributed by atoms with Gasteiger partial charge in [0.15, 0.2) is 6.61 Å². The Hall–Kier alpha value is -3.04. The smallest absolute Gasteiger partial charge is 0.262 e. The first-order valence-electron chi connectivity index (χ1n) is 12.6. The number of anilines is 2. The van der Waals surface area contributed by atoms with Crippen LogP contribution < -0.4 is 19.7 Å². The number of piperidine rings is 1. The SMILES string of the molecule is Cc1nc(N2CCC(N3CCCC3)CC2)nc2ccc(NC(=O)COc3ccc(OCS)cc3)cc12. The van der Waals surface area contributed by atoms with Crippen molar-refractivity contribution in [2.24, 2.45) is 0 Å². The molecule has 2 saturated heterocycles. The van der Waals surface area contributed by atoms with Gasteiger partial charge in [0, 0.05) is 30.2 Å². The van der Waals surface area contributed by atoms with Gasteiger partial charge in [0.05, 0.1) is 11.2 Å². The second kappa shape index (κ2) is 11.3. The molecular weight excluding hydrogens is 474 g/mol. The van der Waals surface area contributed by atoms with E-state index in [9.17, 15) is 4.79 Å². The van der Waals surface area contributed by atoms with Gasteiger partial charge in [0.25, 0.3) is 5.91 Å². The van der Waals surface area contributed by atoms with Gasteiger partial charge in [-0.25, -0.2) is 9.97 Å². The molecule has 0 unspecified atom stereocenters. The Morgan fingerprint density at radius 3 is 2.39 bits per heavy atom. The van der Waals surface area contributed by atoms with Crippen LogP contribution in [0.2, 0.25) is 0 Å². The number of nitrogens with zero attached hydrogens (tertiary/aromatic N) is 4. The maximum atomic E-state index is 12.4. The second-order valence-electron chi connectivity index (χ2n) is 9.38. The first kappa shape index (κ1) is 24.6. The van der Waals surface area contributed by atoms with Gasteiger partial charge in [-0.15, -0.1) is 12.6 Å². The highest BCUT2D eigenvalue weighted by Gasteiger charge is 2.27. The largest absolute Gasteiger partial charge is 0.484 e. The average molecular weight is 508 g/mol. The Bertz CT molecular complexity index is 1190. The van der Waals surface area contributed by atoms with Gasteiger partial charge in [-0.1, -0.05) is 0 Å². The number of hydrogen-bond donors (Lipinski definition) is 2. The summed E-state index contributed by atoms with van der Waals surface area (Å²) in [6.07, 6.45) is 5.01. The molecule has 0 saturated carbocycles. The van der Waals surface area contributed by atoms with E-state index in [0.29, 0.717) is 29.2 Å². The Morgan fingerprint density at radius 2 is 1.69 bits per heavy atom. The molecule has 2 fully saturated rings. The van der Waals surface area contributed by atoms with Crippen molar-refractivity contribution in [3.05, 3.63) is 48.2 Å². The lowest BCUT2D eigenvalue weighted by Crippen LogP contribution is -2.44. The summed E-state index contributed by atoms with van der Waals surface area (Å²) in [6, 6.07) is 13.5. The minimum Gasteiger partial charge on any atom is -0.484 e. The van der Waals surface area contributed by atoms with Gasteiger partial charge in [-0.05, 0) is 88.2 Å². The lowest BCUT2D eigenvalue weighted by atomic mass is 10.0. The van der Waals surface area contributed by atoms with E-state index in [1.165, 1.54) is 38.8 Å². The predicted octanol–water partition coefficient (Wildman–Crippen LogP) is 4.29. The van der Waals surface area contributed by atoms with Crippen LogP contribution in [0.5, 0.6) is 11.5 Å². The summed E-state index contributed by atoms with van der Waals surface area (Å²) in [5.41, 5.74) is 2.49. The summed E-state index contributed by atoms with van der Waals surface area (Å²) in [5, 5.41) is 3.84. The maximum absolute atomic E-state index is 12.4. The summed E-state index contributed by atoms with van der Waals surface area (Å²) < 4.78 is 10.9. The fourth-order valence-electron chi connectivity index (χ4n) is 5.08. The van der Waals surface area contributed by atoms with Crippen LogP contribution in [0.15, 0.2) is 42.5 Å². The van der Waals surface area contributed by atoms with E-state index >= 15 is 0 Å². The van der Waals surface area contributed by atoms with Crippen molar-refractivity contribution in [1.29, 1.82) is 0 Å². The van der Waals surface area contributed by atoms with E-state index in [-0.39, 0.29) is 12.5 Å². The molecule has 3 heterocycles. The highest BCUT2D eigenvalue weighted by atomic mass is 32.1. The van der Waals surface area contributed by atoms with Crippen LogP contribution in [0.4, 0.5) is 11.6 Å². The summed E-state index contributed by atoms with van der Waals surface area (Å²) in [6.45, 7) is 6.39. The molecule has 2 aromatic carbocycles. The molecule has 5 rings (SSSR count). The third-order valence-electron chi connectivity index (χ3n) is 6.99. The summed E-state index contributed by atoms with van der Waals surface area (Å²) in [5.74, 6) is 2.16. The zero-order valence-corrected chi connectivity index (χ0v) is 21.5. The van der Waals surface area contributed by atoms with Crippen molar-refractivity contribution in [3.8, 4) is 11.5 Å². The van der Waals surface area contributed by atoms with E-state index in [1.807, 2.05) is 25.1 Å². The molecule has 1 aromatic heterocycles. The van der Waals surface area contributed by atoms with E-state index < -0.39 is 0 Å². The normalized spacial score (nSPS) is 16.9. The number of fused-ring (bicyclic) bond motifs is 1. The Balaban J connectivity index is 1.18. The first-order valence-corrected chi connectivity index (χ1v) is 13.3. The number of hydrogen-bond acceptors (Lipinski definition) is 8. The van der Waals surface area contributed by atoms with Crippen LogP contribution in [-0.2, 0) is 4.79 Å². The van der Waals surface area contributed by atoms with Crippen LogP contribution in [0.3, 0.4) is 0 Å². The Labute approximate surface area is 217 Å². The zero-order valence-electron chi connectivity index (χ0n) is 20.7. The molecule has 2 aliphatic rings. The van der Waals surface area contributed by atoms with Gasteiger partial charge >= 0.3 is 0 Å². The summed E-state index contributed by atoms with van der Waals surface area (Å²) >= 11 is 4.03. The number of aromatic nitrogens is 2. The molecule has 9 heteroatoms. The van der Waals surface area contributed by atoms with Gasteiger partial charge in [-0.3, -0.25) is 4.79 Å². The number of ether oxygens (including phenoxy) is 2. The molecule has 36 heavy (non-hydrogen) atoms. The van der Waals surface area contributed by atoms with Crippen LogP contribution >= 0.6 is 12.6 Å². The molecule has 0 radical (unpaired) electrons. The number of benzene rings is 2. The standard InChI is InChI=1S/C27H33N5O3S/c1-19-24-16-20(29-26(33)17-34-22-5-7-23(8-6-22)35-18-36)4-9-25(24)30-27(28-19)32-14-10-21(11-15-32)31-12-2-3-13-31/h4-9,16,21,36H,2-3,10-15,17-18H2,1H3,(H,29,33).